The van der Waals surface area contributed by atoms with E-state index in [9.17, 15) is 14.4 Å². The number of hydrogen-bond donors (Lipinski definition) is 2. The van der Waals surface area contributed by atoms with Crippen LogP contribution in [0.2, 0.25) is 0 Å². The normalized spacial score (nSPS) is 25.7. The number of amides is 4. The zero-order chi connectivity index (χ0) is 23.5. The molecule has 0 aliphatic carbocycles. The van der Waals surface area contributed by atoms with Gasteiger partial charge in [0.1, 0.15) is 11.4 Å². The van der Waals surface area contributed by atoms with Crippen molar-refractivity contribution in [3.63, 3.8) is 0 Å². The molecule has 0 saturated carbocycles. The van der Waals surface area contributed by atoms with Gasteiger partial charge in [-0.15, -0.1) is 0 Å². The summed E-state index contributed by atoms with van der Waals surface area (Å²) >= 11 is 0. The van der Waals surface area contributed by atoms with Crippen LogP contribution in [0.4, 0.5) is 10.6 Å². The largest absolute Gasteiger partial charge is 0.356 e. The third-order valence-electron chi connectivity index (χ3n) is 7.54. The lowest BCUT2D eigenvalue weighted by Crippen LogP contribution is -2.58. The zero-order valence-electron chi connectivity index (χ0n) is 19.3. The maximum absolute atomic E-state index is 13.4. The topological polar surface area (TPSA) is 94.6 Å². The van der Waals surface area contributed by atoms with E-state index in [-0.39, 0.29) is 23.7 Å². The molecule has 0 radical (unpaired) electrons. The van der Waals surface area contributed by atoms with Gasteiger partial charge in [-0.25, -0.2) is 9.78 Å². The van der Waals surface area contributed by atoms with Crippen molar-refractivity contribution in [2.75, 3.05) is 31.1 Å². The number of piperidine rings is 2. The minimum absolute atomic E-state index is 0.0282. The number of anilines is 1. The van der Waals surface area contributed by atoms with E-state index in [1.165, 1.54) is 0 Å². The Balaban J connectivity index is 1.24. The standard InChI is InChI=1S/C26H31N5O3/c32-23(20-9-6-14-31(18-20)22-10-4-5-13-27-22)30-15-11-21(12-16-30)26(24(33)28-25(34)29-26)17-19-7-2-1-3-8-19/h1-5,7-8,10,13,20-21H,6,9,11-12,14-18H2,(H2,28,29,33,34)/t20-,26+/m0/s1. The summed E-state index contributed by atoms with van der Waals surface area (Å²) in [6, 6.07) is 15.2. The van der Waals surface area contributed by atoms with Crippen LogP contribution in [0.3, 0.4) is 0 Å². The predicted molar refractivity (Wildman–Crippen MR) is 128 cm³/mol. The summed E-state index contributed by atoms with van der Waals surface area (Å²) in [5, 5.41) is 5.40. The lowest BCUT2D eigenvalue weighted by atomic mass is 9.74. The fraction of sp³-hybridized carbons (Fsp3) is 0.462. The highest BCUT2D eigenvalue weighted by Gasteiger charge is 2.52. The molecule has 3 aliphatic rings. The lowest BCUT2D eigenvalue weighted by Gasteiger charge is -2.42. The van der Waals surface area contributed by atoms with Gasteiger partial charge < -0.3 is 15.1 Å². The van der Waals surface area contributed by atoms with E-state index in [0.29, 0.717) is 38.9 Å². The first-order chi connectivity index (χ1) is 16.5. The second-order valence-electron chi connectivity index (χ2n) is 9.61. The van der Waals surface area contributed by atoms with Crippen LogP contribution in [-0.4, -0.2) is 59.4 Å². The van der Waals surface area contributed by atoms with Crippen LogP contribution in [0.25, 0.3) is 0 Å². The first-order valence-electron chi connectivity index (χ1n) is 12.2. The summed E-state index contributed by atoms with van der Waals surface area (Å²) in [5.41, 5.74) is 0.0453. The Morgan fingerprint density at radius 1 is 1.00 bits per heavy atom. The molecule has 2 aromatic rings. The van der Waals surface area contributed by atoms with E-state index in [0.717, 1.165) is 30.8 Å². The summed E-state index contributed by atoms with van der Waals surface area (Å²) in [7, 11) is 0. The molecule has 0 bridgehead atoms. The molecule has 34 heavy (non-hydrogen) atoms. The van der Waals surface area contributed by atoms with Gasteiger partial charge in [-0.2, -0.15) is 0 Å². The number of urea groups is 1. The van der Waals surface area contributed by atoms with Gasteiger partial charge in [0, 0.05) is 38.8 Å². The highest BCUT2D eigenvalue weighted by atomic mass is 16.2. The molecule has 8 nitrogen and oxygen atoms in total. The molecule has 2 N–H and O–H groups in total. The van der Waals surface area contributed by atoms with Crippen molar-refractivity contribution in [3.05, 3.63) is 60.3 Å². The highest BCUT2D eigenvalue weighted by Crippen LogP contribution is 2.35. The molecule has 3 fully saturated rings. The smallest absolute Gasteiger partial charge is 0.322 e. The number of carbonyl (C=O) groups excluding carboxylic acids is 3. The zero-order valence-corrected chi connectivity index (χ0v) is 19.3. The first-order valence-corrected chi connectivity index (χ1v) is 12.2. The molecular weight excluding hydrogens is 430 g/mol. The Kier molecular flexibility index (Phi) is 6.22. The van der Waals surface area contributed by atoms with Crippen LogP contribution in [0.15, 0.2) is 54.7 Å². The van der Waals surface area contributed by atoms with E-state index in [2.05, 4.69) is 20.5 Å². The average molecular weight is 462 g/mol. The van der Waals surface area contributed by atoms with Crippen molar-refractivity contribution in [3.8, 4) is 0 Å². The number of imide groups is 1. The number of nitrogens with zero attached hydrogens (tertiary/aromatic N) is 3. The Bertz CT molecular complexity index is 1040. The van der Waals surface area contributed by atoms with Crippen molar-refractivity contribution in [2.24, 2.45) is 11.8 Å². The quantitative estimate of drug-likeness (QED) is 0.667. The van der Waals surface area contributed by atoms with Crippen molar-refractivity contribution < 1.29 is 14.4 Å². The molecule has 0 spiro atoms. The molecule has 178 valence electrons. The van der Waals surface area contributed by atoms with Crippen molar-refractivity contribution in [2.45, 2.75) is 37.6 Å². The van der Waals surface area contributed by atoms with Gasteiger partial charge in [-0.05, 0) is 49.3 Å². The van der Waals surface area contributed by atoms with Gasteiger partial charge in [0.05, 0.1) is 5.92 Å². The number of pyridine rings is 1. The summed E-state index contributed by atoms with van der Waals surface area (Å²) < 4.78 is 0. The van der Waals surface area contributed by atoms with Crippen molar-refractivity contribution in [1.82, 2.24) is 20.5 Å². The van der Waals surface area contributed by atoms with Crippen LogP contribution in [0.5, 0.6) is 0 Å². The summed E-state index contributed by atoms with van der Waals surface area (Å²) in [6.07, 6.45) is 5.46. The number of hydrogen-bond acceptors (Lipinski definition) is 5. The minimum atomic E-state index is -0.964. The second-order valence-corrected chi connectivity index (χ2v) is 9.61. The third kappa shape index (κ3) is 4.36. The SMILES string of the molecule is O=C1NC(=O)[C@@](Cc2ccccc2)(C2CCN(C(=O)[C@H]3CCCN(c4ccccn4)C3)CC2)N1. The van der Waals surface area contributed by atoms with E-state index >= 15 is 0 Å². The van der Waals surface area contributed by atoms with E-state index in [4.69, 9.17) is 0 Å². The van der Waals surface area contributed by atoms with Crippen LogP contribution < -0.4 is 15.5 Å². The Morgan fingerprint density at radius 3 is 2.44 bits per heavy atom. The van der Waals surface area contributed by atoms with Crippen molar-refractivity contribution >= 4 is 23.7 Å². The molecule has 1 aromatic heterocycles. The van der Waals surface area contributed by atoms with Crippen LogP contribution >= 0.6 is 0 Å². The fourth-order valence-electron chi connectivity index (χ4n) is 5.76. The fourth-order valence-corrected chi connectivity index (χ4v) is 5.76. The van der Waals surface area contributed by atoms with Gasteiger partial charge in [0.2, 0.25) is 5.91 Å². The van der Waals surface area contributed by atoms with Gasteiger partial charge >= 0.3 is 6.03 Å². The number of aromatic nitrogens is 1. The second kappa shape index (κ2) is 9.44. The molecule has 3 aliphatic heterocycles. The van der Waals surface area contributed by atoms with Crippen molar-refractivity contribution in [1.29, 1.82) is 0 Å². The summed E-state index contributed by atoms with van der Waals surface area (Å²) in [6.45, 7) is 2.80. The monoisotopic (exact) mass is 461 g/mol. The Hall–Kier alpha value is -3.42. The molecule has 1 aromatic carbocycles. The molecule has 4 amide bonds. The number of likely N-dealkylation sites (tertiary alicyclic amines) is 1. The van der Waals surface area contributed by atoms with Crippen LogP contribution in [0, 0.1) is 11.8 Å². The van der Waals surface area contributed by atoms with Gasteiger partial charge in [0.15, 0.2) is 0 Å². The van der Waals surface area contributed by atoms with E-state index in [1.807, 2.05) is 53.4 Å². The van der Waals surface area contributed by atoms with Gasteiger partial charge in [-0.1, -0.05) is 36.4 Å². The Morgan fingerprint density at radius 2 is 1.76 bits per heavy atom. The maximum Gasteiger partial charge on any atom is 0.322 e. The van der Waals surface area contributed by atoms with Crippen LogP contribution in [-0.2, 0) is 16.0 Å². The molecular formula is C26H31N5O3. The first kappa shape index (κ1) is 22.4. The molecule has 4 heterocycles. The number of nitrogens with one attached hydrogen (secondary N) is 2. The van der Waals surface area contributed by atoms with Crippen LogP contribution in [0.1, 0.15) is 31.2 Å². The average Bonchev–Trinajstić information content (AvgIpc) is 3.18. The number of benzene rings is 1. The third-order valence-corrected chi connectivity index (χ3v) is 7.54. The predicted octanol–water partition coefficient (Wildman–Crippen LogP) is 2.36. The molecule has 3 saturated heterocycles. The number of rotatable bonds is 5. The summed E-state index contributed by atoms with van der Waals surface area (Å²) in [5.74, 6) is 0.782. The van der Waals surface area contributed by atoms with E-state index < -0.39 is 11.6 Å². The van der Waals surface area contributed by atoms with E-state index in [1.54, 1.807) is 6.20 Å². The molecule has 0 unspecified atom stereocenters. The highest BCUT2D eigenvalue weighted by molar-refractivity contribution is 6.07. The minimum Gasteiger partial charge on any atom is -0.356 e. The Labute approximate surface area is 199 Å². The van der Waals surface area contributed by atoms with Gasteiger partial charge in [0.25, 0.3) is 5.91 Å². The molecule has 8 heteroatoms. The summed E-state index contributed by atoms with van der Waals surface area (Å²) in [4.78, 5) is 47.0. The number of carbonyl (C=O) groups is 3. The lowest BCUT2D eigenvalue weighted by molar-refractivity contribution is -0.138. The maximum atomic E-state index is 13.4. The molecule has 2 atom stereocenters. The molecule has 5 rings (SSSR count). The van der Waals surface area contributed by atoms with Gasteiger partial charge in [-0.3, -0.25) is 14.9 Å².